The van der Waals surface area contributed by atoms with Crippen LogP contribution in [0.1, 0.15) is 65.7 Å². The molecule has 1 nitrogen and oxygen atoms in total. The van der Waals surface area contributed by atoms with Crippen LogP contribution in [-0.2, 0) is 5.11 Å². The Labute approximate surface area is 89.9 Å². The largest absolute Gasteiger partial charge is 0.237 e. The zero-order chi connectivity index (χ0) is 10.8. The Balaban J connectivity index is 3.39. The number of unbranched alkanes of at least 4 members (excludes halogenated alkanes) is 3. The molecular formula is C13H27O. The van der Waals surface area contributed by atoms with E-state index in [1.54, 1.807) is 0 Å². The molecular weight excluding hydrogens is 172 g/mol. The molecule has 0 aliphatic rings. The summed E-state index contributed by atoms with van der Waals surface area (Å²) in [7, 11) is 0. The van der Waals surface area contributed by atoms with E-state index >= 15 is 0 Å². The van der Waals surface area contributed by atoms with Crippen molar-refractivity contribution >= 4 is 0 Å². The van der Waals surface area contributed by atoms with Crippen LogP contribution in [0.2, 0.25) is 0 Å². The monoisotopic (exact) mass is 199 g/mol. The Kier molecular flexibility index (Phi) is 9.49. The lowest BCUT2D eigenvalue weighted by Crippen LogP contribution is -2.08. The normalized spacial score (nSPS) is 15.4. The molecule has 0 bridgehead atoms. The SMILES string of the molecule is CCCCCC(C)C(C)CCCC[O]. The number of hydrogen-bond donors (Lipinski definition) is 0. The van der Waals surface area contributed by atoms with E-state index < -0.39 is 0 Å². The molecule has 0 aromatic heterocycles. The number of rotatable bonds is 9. The molecule has 2 atom stereocenters. The highest BCUT2D eigenvalue weighted by atomic mass is 16.2. The first kappa shape index (κ1) is 14.0. The van der Waals surface area contributed by atoms with E-state index in [4.69, 9.17) is 0 Å². The van der Waals surface area contributed by atoms with E-state index in [1.165, 1.54) is 32.1 Å². The molecule has 0 saturated heterocycles. The molecule has 0 aromatic rings. The quantitative estimate of drug-likeness (QED) is 0.489. The second kappa shape index (κ2) is 9.51. The highest BCUT2D eigenvalue weighted by Crippen LogP contribution is 2.22. The van der Waals surface area contributed by atoms with E-state index in [1.807, 2.05) is 0 Å². The number of hydrogen-bond acceptors (Lipinski definition) is 0. The van der Waals surface area contributed by atoms with Crippen LogP contribution in [-0.4, -0.2) is 6.61 Å². The predicted molar refractivity (Wildman–Crippen MR) is 61.9 cm³/mol. The molecule has 2 unspecified atom stereocenters. The molecule has 0 aromatic carbocycles. The topological polar surface area (TPSA) is 19.9 Å². The minimum Gasteiger partial charge on any atom is -0.237 e. The maximum Gasteiger partial charge on any atom is 0.0822 e. The van der Waals surface area contributed by atoms with E-state index in [2.05, 4.69) is 20.8 Å². The van der Waals surface area contributed by atoms with Gasteiger partial charge in [-0.25, -0.2) is 5.11 Å². The summed E-state index contributed by atoms with van der Waals surface area (Å²) in [6.45, 7) is 7.05. The van der Waals surface area contributed by atoms with Gasteiger partial charge < -0.3 is 0 Å². The highest BCUT2D eigenvalue weighted by molar-refractivity contribution is 4.62. The van der Waals surface area contributed by atoms with Crippen molar-refractivity contribution in [3.8, 4) is 0 Å². The fourth-order valence-corrected chi connectivity index (χ4v) is 1.85. The molecule has 1 heteroatoms. The van der Waals surface area contributed by atoms with E-state index in [0.29, 0.717) is 0 Å². The zero-order valence-corrected chi connectivity index (χ0v) is 10.2. The highest BCUT2D eigenvalue weighted by Gasteiger charge is 2.10. The molecule has 0 spiro atoms. The third-order valence-corrected chi connectivity index (χ3v) is 3.29. The average molecular weight is 199 g/mol. The zero-order valence-electron chi connectivity index (χ0n) is 10.2. The van der Waals surface area contributed by atoms with Crippen LogP contribution in [0.3, 0.4) is 0 Å². The smallest absolute Gasteiger partial charge is 0.0822 e. The van der Waals surface area contributed by atoms with Gasteiger partial charge >= 0.3 is 0 Å². The summed E-state index contributed by atoms with van der Waals surface area (Å²) in [4.78, 5) is 0. The third kappa shape index (κ3) is 7.37. The summed E-state index contributed by atoms with van der Waals surface area (Å²) < 4.78 is 0. The van der Waals surface area contributed by atoms with E-state index in [0.717, 1.165) is 24.7 Å². The van der Waals surface area contributed by atoms with Crippen molar-refractivity contribution in [2.45, 2.75) is 65.7 Å². The Morgan fingerprint density at radius 2 is 1.36 bits per heavy atom. The lowest BCUT2D eigenvalue weighted by atomic mass is 9.87. The van der Waals surface area contributed by atoms with Gasteiger partial charge in [-0.05, 0) is 18.3 Å². The predicted octanol–water partition coefficient (Wildman–Crippen LogP) is 4.44. The second-order valence-corrected chi connectivity index (χ2v) is 4.65. The van der Waals surface area contributed by atoms with Crippen molar-refractivity contribution in [1.82, 2.24) is 0 Å². The molecule has 0 fully saturated rings. The van der Waals surface area contributed by atoms with Gasteiger partial charge in [-0.2, -0.15) is 0 Å². The van der Waals surface area contributed by atoms with Crippen LogP contribution in [0.5, 0.6) is 0 Å². The Hall–Kier alpha value is -0.0400. The van der Waals surface area contributed by atoms with Crippen molar-refractivity contribution < 1.29 is 5.11 Å². The van der Waals surface area contributed by atoms with Crippen LogP contribution < -0.4 is 0 Å². The van der Waals surface area contributed by atoms with Crippen LogP contribution in [0.25, 0.3) is 0 Å². The van der Waals surface area contributed by atoms with E-state index in [9.17, 15) is 5.11 Å². The minimum absolute atomic E-state index is 0.108. The summed E-state index contributed by atoms with van der Waals surface area (Å²) in [6.07, 6.45) is 8.68. The first-order valence-corrected chi connectivity index (χ1v) is 6.30. The van der Waals surface area contributed by atoms with Gasteiger partial charge in [0.05, 0.1) is 6.61 Å². The van der Waals surface area contributed by atoms with Crippen molar-refractivity contribution in [2.24, 2.45) is 11.8 Å². The lowest BCUT2D eigenvalue weighted by Gasteiger charge is -2.19. The van der Waals surface area contributed by atoms with Gasteiger partial charge in [0.15, 0.2) is 0 Å². The summed E-state index contributed by atoms with van der Waals surface area (Å²) in [6, 6.07) is 0. The molecule has 0 saturated carbocycles. The van der Waals surface area contributed by atoms with Crippen molar-refractivity contribution in [1.29, 1.82) is 0 Å². The molecule has 0 amide bonds. The molecule has 0 aliphatic carbocycles. The first-order valence-electron chi connectivity index (χ1n) is 6.30. The van der Waals surface area contributed by atoms with Crippen molar-refractivity contribution in [3.05, 3.63) is 0 Å². The maximum atomic E-state index is 10.3. The fraction of sp³-hybridized carbons (Fsp3) is 1.00. The van der Waals surface area contributed by atoms with Gasteiger partial charge in [-0.15, -0.1) is 0 Å². The molecule has 85 valence electrons. The summed E-state index contributed by atoms with van der Waals surface area (Å²) >= 11 is 0. The van der Waals surface area contributed by atoms with Gasteiger partial charge in [0, 0.05) is 0 Å². The summed E-state index contributed by atoms with van der Waals surface area (Å²) in [5.74, 6) is 1.65. The molecule has 0 N–H and O–H groups in total. The van der Waals surface area contributed by atoms with Gasteiger partial charge in [0.25, 0.3) is 0 Å². The third-order valence-electron chi connectivity index (χ3n) is 3.29. The van der Waals surface area contributed by atoms with Gasteiger partial charge in [0.1, 0.15) is 0 Å². The Morgan fingerprint density at radius 3 is 1.79 bits per heavy atom. The van der Waals surface area contributed by atoms with Crippen LogP contribution in [0, 0.1) is 11.8 Å². The Bertz CT molecular complexity index is 97.8. The van der Waals surface area contributed by atoms with Crippen molar-refractivity contribution in [2.75, 3.05) is 6.61 Å². The van der Waals surface area contributed by atoms with Crippen LogP contribution in [0.4, 0.5) is 0 Å². The Morgan fingerprint density at radius 1 is 0.857 bits per heavy atom. The average Bonchev–Trinajstić information content (AvgIpc) is 2.18. The summed E-state index contributed by atoms with van der Waals surface area (Å²) in [5, 5.41) is 10.3. The standard InChI is InChI=1S/C13H27O/c1-4-5-6-9-12(2)13(3)10-7-8-11-14/h12-13H,4-11H2,1-3H3. The second-order valence-electron chi connectivity index (χ2n) is 4.65. The molecule has 0 rings (SSSR count). The van der Waals surface area contributed by atoms with Crippen LogP contribution >= 0.6 is 0 Å². The van der Waals surface area contributed by atoms with Crippen LogP contribution in [0.15, 0.2) is 0 Å². The molecule has 0 heterocycles. The molecule has 14 heavy (non-hydrogen) atoms. The minimum atomic E-state index is 0.108. The van der Waals surface area contributed by atoms with Gasteiger partial charge in [-0.3, -0.25) is 0 Å². The van der Waals surface area contributed by atoms with Gasteiger partial charge in [0.2, 0.25) is 0 Å². The lowest BCUT2D eigenvalue weighted by molar-refractivity contribution is 0.182. The van der Waals surface area contributed by atoms with Gasteiger partial charge in [-0.1, -0.05) is 59.3 Å². The molecule has 1 radical (unpaired) electrons. The van der Waals surface area contributed by atoms with E-state index in [-0.39, 0.29) is 6.61 Å². The maximum absolute atomic E-state index is 10.3. The van der Waals surface area contributed by atoms with Crippen molar-refractivity contribution in [3.63, 3.8) is 0 Å². The first-order chi connectivity index (χ1) is 6.72. The fourth-order valence-electron chi connectivity index (χ4n) is 1.85. The molecule has 0 aliphatic heterocycles. The summed E-state index contributed by atoms with van der Waals surface area (Å²) in [5.41, 5.74) is 0.